The Hall–Kier alpha value is -1.95. The summed E-state index contributed by atoms with van der Waals surface area (Å²) >= 11 is 9.71. The topological polar surface area (TPSA) is 34.8 Å². The highest BCUT2D eigenvalue weighted by Gasteiger charge is 2.31. The van der Waals surface area contributed by atoms with Crippen molar-refractivity contribution >= 4 is 27.5 Å². The van der Waals surface area contributed by atoms with E-state index in [1.165, 1.54) is 11.1 Å². The molecule has 0 bridgehead atoms. The normalized spacial score (nSPS) is 16.6. The quantitative estimate of drug-likeness (QED) is 0.476. The maximum atomic E-state index is 6.32. The first-order chi connectivity index (χ1) is 13.6. The molecule has 4 rings (SSSR count). The fourth-order valence-corrected chi connectivity index (χ4v) is 4.41. The fraction of sp³-hybridized carbons (Fsp3) is 0.273. The number of methoxy groups -OCH3 is 2. The van der Waals surface area contributed by atoms with E-state index in [-0.39, 0.29) is 6.04 Å². The largest absolute Gasteiger partial charge is 0.493 e. The average Bonchev–Trinajstić information content (AvgIpc) is 3.11. The van der Waals surface area contributed by atoms with E-state index < -0.39 is 0 Å². The lowest BCUT2D eigenvalue weighted by Gasteiger charge is -2.37. The molecule has 0 spiro atoms. The summed E-state index contributed by atoms with van der Waals surface area (Å²) in [6.07, 6.45) is 0.925. The number of ether oxygens (including phenoxy) is 2. The Morgan fingerprint density at radius 3 is 2.57 bits per heavy atom. The average molecular weight is 463 g/mol. The van der Waals surface area contributed by atoms with E-state index in [4.69, 9.17) is 25.5 Å². The van der Waals surface area contributed by atoms with Crippen LogP contribution < -0.4 is 9.47 Å². The van der Waals surface area contributed by atoms with Gasteiger partial charge >= 0.3 is 0 Å². The predicted molar refractivity (Wildman–Crippen MR) is 113 cm³/mol. The van der Waals surface area contributed by atoms with Crippen LogP contribution in [-0.4, -0.2) is 25.7 Å². The summed E-state index contributed by atoms with van der Waals surface area (Å²) in [5.41, 5.74) is 3.61. The van der Waals surface area contributed by atoms with Crippen LogP contribution in [0.5, 0.6) is 11.5 Å². The molecule has 3 aromatic rings. The number of hydrogen-bond acceptors (Lipinski definition) is 4. The van der Waals surface area contributed by atoms with Crippen molar-refractivity contribution in [1.82, 2.24) is 4.90 Å². The molecule has 0 unspecified atom stereocenters. The lowest BCUT2D eigenvalue weighted by Crippen LogP contribution is -2.35. The molecule has 4 nitrogen and oxygen atoms in total. The van der Waals surface area contributed by atoms with Gasteiger partial charge in [-0.1, -0.05) is 23.7 Å². The number of halogens is 2. The first kappa shape index (κ1) is 19.4. The standard InChI is InChI=1S/C22H21BrClNO3/c1-26-19-11-14-8-9-25(13-17-6-7-21(23)28-17)22(18(14)12-20(19)27-2)15-4-3-5-16(24)10-15/h3-7,10-12,22H,8-9,13H2,1-2H3/t22-/m1/s1. The van der Waals surface area contributed by atoms with Gasteiger partial charge in [-0.3, -0.25) is 4.90 Å². The van der Waals surface area contributed by atoms with Crippen LogP contribution >= 0.6 is 27.5 Å². The molecule has 2 heterocycles. The Morgan fingerprint density at radius 1 is 1.11 bits per heavy atom. The van der Waals surface area contributed by atoms with E-state index in [1.54, 1.807) is 14.2 Å². The molecule has 0 radical (unpaired) electrons. The van der Waals surface area contributed by atoms with Gasteiger partial charge in [-0.05, 0) is 75.4 Å². The van der Waals surface area contributed by atoms with Crippen molar-refractivity contribution in [3.05, 3.63) is 80.7 Å². The van der Waals surface area contributed by atoms with Crippen molar-refractivity contribution in [2.75, 3.05) is 20.8 Å². The molecule has 0 aliphatic carbocycles. The summed E-state index contributed by atoms with van der Waals surface area (Å²) in [5, 5.41) is 0.728. The van der Waals surface area contributed by atoms with Gasteiger partial charge in [0, 0.05) is 11.6 Å². The minimum absolute atomic E-state index is 0.0473. The molecule has 1 aliphatic rings. The van der Waals surface area contributed by atoms with Gasteiger partial charge in [0.15, 0.2) is 16.2 Å². The Bertz CT molecular complexity index is 988. The van der Waals surface area contributed by atoms with Gasteiger partial charge in [0.1, 0.15) is 5.76 Å². The van der Waals surface area contributed by atoms with Gasteiger partial charge < -0.3 is 13.9 Å². The Balaban J connectivity index is 1.80. The zero-order valence-corrected chi connectivity index (χ0v) is 18.1. The number of furan rings is 1. The third-order valence-electron chi connectivity index (χ3n) is 5.13. The summed E-state index contributed by atoms with van der Waals surface area (Å²) in [7, 11) is 3.34. The summed E-state index contributed by atoms with van der Waals surface area (Å²) < 4.78 is 17.6. The van der Waals surface area contributed by atoms with Gasteiger partial charge in [-0.2, -0.15) is 0 Å². The van der Waals surface area contributed by atoms with E-state index >= 15 is 0 Å². The highest BCUT2D eigenvalue weighted by molar-refractivity contribution is 9.10. The van der Waals surface area contributed by atoms with Crippen molar-refractivity contribution in [1.29, 1.82) is 0 Å². The molecule has 2 aromatic carbocycles. The summed E-state index contributed by atoms with van der Waals surface area (Å²) in [6, 6.07) is 16.2. The molecule has 6 heteroatoms. The first-order valence-electron chi connectivity index (χ1n) is 9.07. The van der Waals surface area contributed by atoms with E-state index in [0.717, 1.165) is 45.5 Å². The predicted octanol–water partition coefficient (Wildman–Crippen LogP) is 5.86. The van der Waals surface area contributed by atoms with Crippen LogP contribution in [0.15, 0.2) is 57.6 Å². The molecule has 0 fully saturated rings. The number of rotatable bonds is 5. The molecule has 1 atom stereocenters. The van der Waals surface area contributed by atoms with Crippen LogP contribution in [0.1, 0.15) is 28.5 Å². The molecule has 28 heavy (non-hydrogen) atoms. The number of hydrogen-bond donors (Lipinski definition) is 0. The number of nitrogens with zero attached hydrogens (tertiary/aromatic N) is 1. The van der Waals surface area contributed by atoms with Gasteiger partial charge in [-0.25, -0.2) is 0 Å². The van der Waals surface area contributed by atoms with Crippen LogP contribution in [0.25, 0.3) is 0 Å². The Labute approximate surface area is 178 Å². The van der Waals surface area contributed by atoms with E-state index in [0.29, 0.717) is 6.54 Å². The highest BCUT2D eigenvalue weighted by Crippen LogP contribution is 2.42. The summed E-state index contributed by atoms with van der Waals surface area (Å²) in [5.74, 6) is 2.41. The molecule has 0 saturated carbocycles. The van der Waals surface area contributed by atoms with Crippen LogP contribution in [0.3, 0.4) is 0 Å². The second-order valence-electron chi connectivity index (χ2n) is 6.79. The lowest BCUT2D eigenvalue weighted by atomic mass is 9.87. The molecule has 1 aliphatic heterocycles. The zero-order valence-electron chi connectivity index (χ0n) is 15.7. The molecule has 0 amide bonds. The monoisotopic (exact) mass is 461 g/mol. The maximum Gasteiger partial charge on any atom is 0.169 e. The number of fused-ring (bicyclic) bond motifs is 1. The van der Waals surface area contributed by atoms with Crippen LogP contribution in [0, 0.1) is 0 Å². The third kappa shape index (κ3) is 3.79. The second-order valence-corrected chi connectivity index (χ2v) is 8.01. The maximum absolute atomic E-state index is 6.32. The van der Waals surface area contributed by atoms with Crippen LogP contribution in [0.4, 0.5) is 0 Å². The van der Waals surface area contributed by atoms with Crippen molar-refractivity contribution in [2.24, 2.45) is 0 Å². The lowest BCUT2D eigenvalue weighted by molar-refractivity contribution is 0.187. The number of benzene rings is 2. The molecular weight excluding hydrogens is 442 g/mol. The van der Waals surface area contributed by atoms with E-state index in [9.17, 15) is 0 Å². The summed E-state index contributed by atoms with van der Waals surface area (Å²) in [6.45, 7) is 1.61. The van der Waals surface area contributed by atoms with Gasteiger partial charge in [0.25, 0.3) is 0 Å². The minimum atomic E-state index is 0.0473. The molecule has 1 aromatic heterocycles. The van der Waals surface area contributed by atoms with Crippen molar-refractivity contribution in [2.45, 2.75) is 19.0 Å². The second kappa shape index (κ2) is 8.19. The molecule has 146 valence electrons. The third-order valence-corrected chi connectivity index (χ3v) is 5.79. The Morgan fingerprint density at radius 2 is 1.89 bits per heavy atom. The summed E-state index contributed by atoms with van der Waals surface area (Å²) in [4.78, 5) is 2.41. The fourth-order valence-electron chi connectivity index (χ4n) is 3.87. The van der Waals surface area contributed by atoms with E-state index in [1.807, 2.05) is 30.3 Å². The molecular formula is C22H21BrClNO3. The van der Waals surface area contributed by atoms with Gasteiger partial charge in [0.2, 0.25) is 0 Å². The van der Waals surface area contributed by atoms with Crippen molar-refractivity contribution in [3.63, 3.8) is 0 Å². The minimum Gasteiger partial charge on any atom is -0.493 e. The first-order valence-corrected chi connectivity index (χ1v) is 10.2. The smallest absolute Gasteiger partial charge is 0.169 e. The van der Waals surface area contributed by atoms with Gasteiger partial charge in [0.05, 0.1) is 26.8 Å². The molecule has 0 saturated heterocycles. The van der Waals surface area contributed by atoms with E-state index in [2.05, 4.69) is 39.0 Å². The molecule has 0 N–H and O–H groups in total. The zero-order chi connectivity index (χ0) is 19.7. The Kier molecular flexibility index (Phi) is 5.67. The van der Waals surface area contributed by atoms with Crippen molar-refractivity contribution in [3.8, 4) is 11.5 Å². The van der Waals surface area contributed by atoms with Crippen molar-refractivity contribution < 1.29 is 13.9 Å². The van der Waals surface area contributed by atoms with Crippen LogP contribution in [0.2, 0.25) is 5.02 Å². The highest BCUT2D eigenvalue weighted by atomic mass is 79.9. The van der Waals surface area contributed by atoms with Crippen LogP contribution in [-0.2, 0) is 13.0 Å². The van der Waals surface area contributed by atoms with Gasteiger partial charge in [-0.15, -0.1) is 0 Å². The SMILES string of the molecule is COc1cc2c(cc1OC)[C@@H](c1cccc(Cl)c1)N(Cc1ccc(Br)o1)CC2.